The lowest BCUT2D eigenvalue weighted by molar-refractivity contribution is 0.211. The Hall–Kier alpha value is -1.26. The number of aromatic nitrogens is 3. The van der Waals surface area contributed by atoms with Crippen molar-refractivity contribution in [3.63, 3.8) is 0 Å². The molecule has 0 spiro atoms. The second-order valence-electron chi connectivity index (χ2n) is 2.72. The van der Waals surface area contributed by atoms with Gasteiger partial charge < -0.3 is 4.74 Å². The maximum atomic E-state index is 11.0. The molecule has 0 bridgehead atoms. The van der Waals surface area contributed by atoms with Crippen molar-refractivity contribution in [1.82, 2.24) is 14.8 Å². The molecule has 1 rings (SSSR count). The zero-order chi connectivity index (χ0) is 9.14. The van der Waals surface area contributed by atoms with Gasteiger partial charge in [0.25, 0.3) is 0 Å². The van der Waals surface area contributed by atoms with Crippen LogP contribution in [0.15, 0.2) is 4.79 Å². The standard InChI is InChI=1S/C7H13N3O2/c1-4-10-6(11)8-9-7(10)12-5(2)3/h5H,4H2,1-3H3,(H,8,11). The van der Waals surface area contributed by atoms with Crippen LogP contribution in [0.5, 0.6) is 6.01 Å². The molecule has 1 heterocycles. The number of rotatable bonds is 3. The Labute approximate surface area is 70.4 Å². The summed E-state index contributed by atoms with van der Waals surface area (Å²) in [6.45, 7) is 6.21. The van der Waals surface area contributed by atoms with E-state index in [0.29, 0.717) is 12.6 Å². The lowest BCUT2D eigenvalue weighted by Crippen LogP contribution is -2.18. The molecule has 0 saturated heterocycles. The fourth-order valence-electron chi connectivity index (χ4n) is 0.883. The van der Waals surface area contributed by atoms with Gasteiger partial charge in [-0.15, -0.1) is 5.10 Å². The van der Waals surface area contributed by atoms with Crippen LogP contribution >= 0.6 is 0 Å². The first-order valence-electron chi connectivity index (χ1n) is 3.97. The average Bonchev–Trinajstić information content (AvgIpc) is 2.30. The second kappa shape index (κ2) is 3.42. The van der Waals surface area contributed by atoms with Gasteiger partial charge >= 0.3 is 11.7 Å². The Kier molecular flexibility index (Phi) is 2.52. The van der Waals surface area contributed by atoms with Crippen molar-refractivity contribution >= 4 is 0 Å². The van der Waals surface area contributed by atoms with E-state index in [-0.39, 0.29) is 11.8 Å². The van der Waals surface area contributed by atoms with Gasteiger partial charge in [-0.1, -0.05) is 0 Å². The number of hydrogen-bond acceptors (Lipinski definition) is 3. The molecular formula is C7H13N3O2. The topological polar surface area (TPSA) is 59.9 Å². The molecule has 68 valence electrons. The molecule has 1 aromatic rings. The number of nitrogens with zero attached hydrogens (tertiary/aromatic N) is 2. The van der Waals surface area contributed by atoms with Crippen LogP contribution in [0.3, 0.4) is 0 Å². The van der Waals surface area contributed by atoms with Crippen LogP contribution in [-0.2, 0) is 6.54 Å². The average molecular weight is 171 g/mol. The van der Waals surface area contributed by atoms with Gasteiger partial charge in [0.1, 0.15) is 0 Å². The Balaban J connectivity index is 2.92. The molecule has 0 aliphatic carbocycles. The molecule has 5 nitrogen and oxygen atoms in total. The summed E-state index contributed by atoms with van der Waals surface area (Å²) in [6.07, 6.45) is 0.0329. The van der Waals surface area contributed by atoms with Crippen molar-refractivity contribution in [2.75, 3.05) is 0 Å². The van der Waals surface area contributed by atoms with E-state index in [1.165, 1.54) is 4.57 Å². The minimum Gasteiger partial charge on any atom is -0.461 e. The minimum atomic E-state index is -0.229. The molecule has 0 atom stereocenters. The zero-order valence-electron chi connectivity index (χ0n) is 7.50. The van der Waals surface area contributed by atoms with Gasteiger partial charge in [-0.3, -0.25) is 0 Å². The van der Waals surface area contributed by atoms with E-state index in [0.717, 1.165) is 0 Å². The number of aromatic amines is 1. The highest BCUT2D eigenvalue weighted by Crippen LogP contribution is 2.03. The highest BCUT2D eigenvalue weighted by Gasteiger charge is 2.08. The molecule has 0 fully saturated rings. The fraction of sp³-hybridized carbons (Fsp3) is 0.714. The first kappa shape index (κ1) is 8.83. The summed E-state index contributed by atoms with van der Waals surface area (Å²) in [5, 5.41) is 6.06. The molecule has 1 aromatic heterocycles. The van der Waals surface area contributed by atoms with Gasteiger partial charge in [-0.05, 0) is 20.8 Å². The lowest BCUT2D eigenvalue weighted by Gasteiger charge is -2.07. The van der Waals surface area contributed by atoms with Crippen molar-refractivity contribution < 1.29 is 4.74 Å². The maximum absolute atomic E-state index is 11.0. The Morgan fingerprint density at radius 2 is 2.33 bits per heavy atom. The Morgan fingerprint density at radius 3 is 2.83 bits per heavy atom. The van der Waals surface area contributed by atoms with Crippen LogP contribution in [0, 0.1) is 0 Å². The molecule has 0 unspecified atom stereocenters. The normalized spacial score (nSPS) is 10.7. The molecule has 12 heavy (non-hydrogen) atoms. The summed E-state index contributed by atoms with van der Waals surface area (Å²) in [6, 6.07) is 0.359. The first-order valence-corrected chi connectivity index (χ1v) is 3.97. The molecule has 0 amide bonds. The zero-order valence-corrected chi connectivity index (χ0v) is 7.50. The van der Waals surface area contributed by atoms with Gasteiger partial charge in [0.15, 0.2) is 0 Å². The van der Waals surface area contributed by atoms with Crippen molar-refractivity contribution in [2.24, 2.45) is 0 Å². The Bertz CT molecular complexity index is 300. The van der Waals surface area contributed by atoms with Crippen molar-refractivity contribution in [1.29, 1.82) is 0 Å². The molecule has 0 saturated carbocycles. The summed E-state index contributed by atoms with van der Waals surface area (Å²) < 4.78 is 6.72. The number of H-pyrrole nitrogens is 1. The maximum Gasteiger partial charge on any atom is 0.346 e. The summed E-state index contributed by atoms with van der Waals surface area (Å²) in [5.74, 6) is 0. The summed E-state index contributed by atoms with van der Waals surface area (Å²) in [4.78, 5) is 11.0. The molecule has 0 aliphatic heterocycles. The van der Waals surface area contributed by atoms with E-state index in [1.54, 1.807) is 0 Å². The quantitative estimate of drug-likeness (QED) is 0.715. The van der Waals surface area contributed by atoms with Gasteiger partial charge in [0, 0.05) is 6.54 Å². The highest BCUT2D eigenvalue weighted by atomic mass is 16.5. The first-order chi connectivity index (χ1) is 5.65. The fourth-order valence-corrected chi connectivity index (χ4v) is 0.883. The van der Waals surface area contributed by atoms with Crippen molar-refractivity contribution in [3.8, 4) is 6.01 Å². The highest BCUT2D eigenvalue weighted by molar-refractivity contribution is 4.92. The van der Waals surface area contributed by atoms with Gasteiger partial charge in [0.2, 0.25) is 0 Å². The third kappa shape index (κ3) is 1.66. The number of nitrogens with one attached hydrogen (secondary N) is 1. The van der Waals surface area contributed by atoms with Crippen molar-refractivity contribution in [3.05, 3.63) is 10.5 Å². The third-order valence-corrected chi connectivity index (χ3v) is 1.38. The number of ether oxygens (including phenoxy) is 1. The van der Waals surface area contributed by atoms with Crippen LogP contribution < -0.4 is 10.4 Å². The van der Waals surface area contributed by atoms with Gasteiger partial charge in [-0.25, -0.2) is 14.5 Å². The van der Waals surface area contributed by atoms with E-state index in [4.69, 9.17) is 4.74 Å². The van der Waals surface area contributed by atoms with Crippen LogP contribution in [-0.4, -0.2) is 20.9 Å². The summed E-state index contributed by atoms with van der Waals surface area (Å²) in [5.41, 5.74) is -0.229. The predicted octanol–water partition coefficient (Wildman–Crippen LogP) is 0.378. The van der Waals surface area contributed by atoms with Crippen LogP contribution in [0.4, 0.5) is 0 Å². The van der Waals surface area contributed by atoms with Crippen molar-refractivity contribution in [2.45, 2.75) is 33.4 Å². The largest absolute Gasteiger partial charge is 0.461 e. The van der Waals surface area contributed by atoms with Crippen LogP contribution in [0.1, 0.15) is 20.8 Å². The molecule has 0 aromatic carbocycles. The van der Waals surface area contributed by atoms with Crippen LogP contribution in [0.2, 0.25) is 0 Å². The SMILES string of the molecule is CCn1c(OC(C)C)n[nH]c1=O. The van der Waals surface area contributed by atoms with E-state index in [1.807, 2.05) is 20.8 Å². The smallest absolute Gasteiger partial charge is 0.346 e. The number of hydrogen-bond donors (Lipinski definition) is 1. The van der Waals surface area contributed by atoms with Crippen LogP contribution in [0.25, 0.3) is 0 Å². The third-order valence-electron chi connectivity index (χ3n) is 1.38. The molecular weight excluding hydrogens is 158 g/mol. The molecule has 0 radical (unpaired) electrons. The lowest BCUT2D eigenvalue weighted by atomic mass is 10.5. The predicted molar refractivity (Wildman–Crippen MR) is 44.3 cm³/mol. The second-order valence-corrected chi connectivity index (χ2v) is 2.72. The summed E-state index contributed by atoms with van der Waals surface area (Å²) in [7, 11) is 0. The van der Waals surface area contributed by atoms with E-state index < -0.39 is 0 Å². The summed E-state index contributed by atoms with van der Waals surface area (Å²) >= 11 is 0. The molecule has 1 N–H and O–H groups in total. The monoisotopic (exact) mass is 171 g/mol. The minimum absolute atomic E-state index is 0.0329. The molecule has 0 aliphatic rings. The van der Waals surface area contributed by atoms with E-state index >= 15 is 0 Å². The van der Waals surface area contributed by atoms with E-state index in [2.05, 4.69) is 10.2 Å². The van der Waals surface area contributed by atoms with Gasteiger partial charge in [-0.2, -0.15) is 0 Å². The Morgan fingerprint density at radius 1 is 1.67 bits per heavy atom. The molecule has 5 heteroatoms. The van der Waals surface area contributed by atoms with Gasteiger partial charge in [0.05, 0.1) is 6.10 Å². The van der Waals surface area contributed by atoms with E-state index in [9.17, 15) is 4.79 Å².